The van der Waals surface area contributed by atoms with Gasteiger partial charge in [0.25, 0.3) is 0 Å². The highest BCUT2D eigenvalue weighted by atomic mass is 32.2. The zero-order valence-electron chi connectivity index (χ0n) is 9.90. The SMILES string of the molecule is CC(C#N)NS(=O)(=O)Cc1ccccc1C(F)(F)F. The molecule has 0 saturated heterocycles. The van der Waals surface area contributed by atoms with E-state index >= 15 is 0 Å². The number of alkyl halides is 3. The van der Waals surface area contributed by atoms with Gasteiger partial charge in [-0.1, -0.05) is 18.2 Å². The summed E-state index contributed by atoms with van der Waals surface area (Å²) in [4.78, 5) is 0. The highest BCUT2D eigenvalue weighted by Gasteiger charge is 2.34. The van der Waals surface area contributed by atoms with E-state index in [0.29, 0.717) is 0 Å². The predicted octanol–water partition coefficient (Wildman–Crippen LogP) is 2.04. The number of nitrogens with zero attached hydrogens (tertiary/aromatic N) is 1. The molecule has 0 aliphatic rings. The van der Waals surface area contributed by atoms with Gasteiger partial charge < -0.3 is 0 Å². The number of halogens is 3. The quantitative estimate of drug-likeness (QED) is 0.923. The van der Waals surface area contributed by atoms with Crippen LogP contribution in [0.25, 0.3) is 0 Å². The molecule has 0 heterocycles. The molecule has 1 aromatic carbocycles. The molecule has 0 bridgehead atoms. The molecule has 8 heteroatoms. The van der Waals surface area contributed by atoms with Crippen LogP contribution in [0, 0.1) is 11.3 Å². The minimum atomic E-state index is -4.62. The first-order valence-corrected chi connectivity index (χ1v) is 6.85. The van der Waals surface area contributed by atoms with Crippen molar-refractivity contribution in [3.63, 3.8) is 0 Å². The zero-order valence-corrected chi connectivity index (χ0v) is 10.7. The number of sulfonamides is 1. The summed E-state index contributed by atoms with van der Waals surface area (Å²) in [5.41, 5.74) is -1.35. The lowest BCUT2D eigenvalue weighted by Crippen LogP contribution is -2.32. The molecule has 0 saturated carbocycles. The fourth-order valence-electron chi connectivity index (χ4n) is 1.46. The Bertz CT molecular complexity index is 591. The van der Waals surface area contributed by atoms with Crippen LogP contribution in [0.1, 0.15) is 18.1 Å². The van der Waals surface area contributed by atoms with E-state index in [1.807, 2.05) is 4.72 Å². The predicted molar refractivity (Wildman–Crippen MR) is 62.3 cm³/mol. The van der Waals surface area contributed by atoms with Crippen molar-refractivity contribution in [1.82, 2.24) is 4.72 Å². The number of benzene rings is 1. The Labute approximate surface area is 108 Å². The summed E-state index contributed by atoms with van der Waals surface area (Å²) >= 11 is 0. The van der Waals surface area contributed by atoms with E-state index in [1.165, 1.54) is 19.1 Å². The second-order valence-corrected chi connectivity index (χ2v) is 5.64. The van der Waals surface area contributed by atoms with Crippen LogP contribution in [-0.4, -0.2) is 14.5 Å². The third-order valence-corrected chi connectivity index (χ3v) is 3.62. The maximum Gasteiger partial charge on any atom is 0.416 e. The Kier molecular flexibility index (Phi) is 4.55. The van der Waals surface area contributed by atoms with Gasteiger partial charge in [0.2, 0.25) is 10.0 Å². The lowest BCUT2D eigenvalue weighted by atomic mass is 10.1. The Balaban J connectivity index is 3.05. The van der Waals surface area contributed by atoms with E-state index in [4.69, 9.17) is 5.26 Å². The van der Waals surface area contributed by atoms with Gasteiger partial charge in [-0.3, -0.25) is 0 Å². The van der Waals surface area contributed by atoms with Gasteiger partial charge in [0.1, 0.15) is 6.04 Å². The van der Waals surface area contributed by atoms with Crippen LogP contribution in [0.2, 0.25) is 0 Å². The first-order chi connectivity index (χ1) is 8.65. The van der Waals surface area contributed by atoms with Crippen molar-refractivity contribution in [3.8, 4) is 6.07 Å². The fourth-order valence-corrected chi connectivity index (χ4v) is 2.80. The van der Waals surface area contributed by atoms with Crippen molar-refractivity contribution in [2.24, 2.45) is 0 Å². The van der Waals surface area contributed by atoms with Crippen molar-refractivity contribution in [2.45, 2.75) is 24.9 Å². The first kappa shape index (κ1) is 15.5. The lowest BCUT2D eigenvalue weighted by Gasteiger charge is -2.13. The standard InChI is InChI=1S/C11H11F3N2O2S/c1-8(6-15)16-19(17,18)7-9-4-2-3-5-10(9)11(12,13)14/h2-5,8,16H,7H2,1H3. The molecular formula is C11H11F3N2O2S. The van der Waals surface area contributed by atoms with E-state index < -0.39 is 33.6 Å². The summed E-state index contributed by atoms with van der Waals surface area (Å²) in [6, 6.07) is 5.07. The molecule has 19 heavy (non-hydrogen) atoms. The van der Waals surface area contributed by atoms with Gasteiger partial charge in [0.15, 0.2) is 0 Å². The Morgan fingerprint density at radius 3 is 2.47 bits per heavy atom. The highest BCUT2D eigenvalue weighted by molar-refractivity contribution is 7.88. The molecule has 1 aromatic rings. The fraction of sp³-hybridized carbons (Fsp3) is 0.364. The maximum atomic E-state index is 12.7. The molecule has 1 N–H and O–H groups in total. The van der Waals surface area contributed by atoms with Crippen LogP contribution in [0.5, 0.6) is 0 Å². The van der Waals surface area contributed by atoms with Crippen LogP contribution in [-0.2, 0) is 22.0 Å². The lowest BCUT2D eigenvalue weighted by molar-refractivity contribution is -0.138. The van der Waals surface area contributed by atoms with Crippen LogP contribution < -0.4 is 4.72 Å². The Morgan fingerprint density at radius 2 is 1.95 bits per heavy atom. The van der Waals surface area contributed by atoms with Crippen LogP contribution in [0.3, 0.4) is 0 Å². The van der Waals surface area contributed by atoms with E-state index in [0.717, 1.165) is 12.1 Å². The summed E-state index contributed by atoms with van der Waals surface area (Å²) in [7, 11) is -4.00. The number of nitrogens with one attached hydrogen (secondary N) is 1. The van der Waals surface area contributed by atoms with Gasteiger partial charge >= 0.3 is 6.18 Å². The maximum absolute atomic E-state index is 12.7. The minimum Gasteiger partial charge on any atom is -0.212 e. The zero-order chi connectivity index (χ0) is 14.7. The van der Waals surface area contributed by atoms with Crippen LogP contribution in [0.4, 0.5) is 13.2 Å². The van der Waals surface area contributed by atoms with Crippen LogP contribution >= 0.6 is 0 Å². The minimum absolute atomic E-state index is 0.354. The van der Waals surface area contributed by atoms with Crippen molar-refractivity contribution in [1.29, 1.82) is 5.26 Å². The number of hydrogen-bond acceptors (Lipinski definition) is 3. The smallest absolute Gasteiger partial charge is 0.212 e. The number of nitriles is 1. The third kappa shape index (κ3) is 4.54. The van der Waals surface area contributed by atoms with Crippen molar-refractivity contribution in [3.05, 3.63) is 35.4 Å². The van der Waals surface area contributed by atoms with Crippen molar-refractivity contribution < 1.29 is 21.6 Å². The summed E-state index contributed by atoms with van der Waals surface area (Å²) < 4.78 is 63.3. The Morgan fingerprint density at radius 1 is 1.37 bits per heavy atom. The number of rotatable bonds is 4. The highest BCUT2D eigenvalue weighted by Crippen LogP contribution is 2.32. The average Bonchev–Trinajstić information content (AvgIpc) is 2.26. The van der Waals surface area contributed by atoms with Crippen molar-refractivity contribution >= 4 is 10.0 Å². The molecule has 0 radical (unpaired) electrons. The van der Waals surface area contributed by atoms with Gasteiger partial charge in [-0.2, -0.15) is 23.2 Å². The van der Waals surface area contributed by atoms with E-state index in [9.17, 15) is 21.6 Å². The van der Waals surface area contributed by atoms with E-state index in [-0.39, 0.29) is 5.56 Å². The van der Waals surface area contributed by atoms with Gasteiger partial charge in [-0.15, -0.1) is 0 Å². The summed E-state index contributed by atoms with van der Waals surface area (Å²) in [5, 5.41) is 8.49. The van der Waals surface area contributed by atoms with Crippen LogP contribution in [0.15, 0.2) is 24.3 Å². The molecule has 104 valence electrons. The molecule has 0 spiro atoms. The summed E-state index contributed by atoms with van der Waals surface area (Å²) in [6.07, 6.45) is -4.62. The van der Waals surface area contributed by atoms with Gasteiger partial charge in [-0.25, -0.2) is 8.42 Å². The molecule has 4 nitrogen and oxygen atoms in total. The molecule has 1 unspecified atom stereocenters. The monoisotopic (exact) mass is 292 g/mol. The molecule has 1 rings (SSSR count). The molecule has 0 aliphatic heterocycles. The Hall–Kier alpha value is -1.59. The normalized spacial score (nSPS) is 13.8. The largest absolute Gasteiger partial charge is 0.416 e. The van der Waals surface area contributed by atoms with Gasteiger partial charge in [-0.05, 0) is 18.6 Å². The van der Waals surface area contributed by atoms with E-state index in [1.54, 1.807) is 6.07 Å². The molecule has 1 atom stereocenters. The number of hydrogen-bond donors (Lipinski definition) is 1. The molecule has 0 amide bonds. The van der Waals surface area contributed by atoms with Gasteiger partial charge in [0, 0.05) is 0 Å². The topological polar surface area (TPSA) is 70.0 Å². The first-order valence-electron chi connectivity index (χ1n) is 5.20. The molecule has 0 fully saturated rings. The molecular weight excluding hydrogens is 281 g/mol. The van der Waals surface area contributed by atoms with E-state index in [2.05, 4.69) is 0 Å². The van der Waals surface area contributed by atoms with Gasteiger partial charge in [0.05, 0.1) is 17.4 Å². The second kappa shape index (κ2) is 5.59. The third-order valence-electron chi connectivity index (χ3n) is 2.22. The second-order valence-electron chi connectivity index (χ2n) is 3.88. The molecule has 0 aliphatic carbocycles. The average molecular weight is 292 g/mol. The summed E-state index contributed by atoms with van der Waals surface area (Å²) in [5.74, 6) is -0.825. The van der Waals surface area contributed by atoms with Crippen molar-refractivity contribution in [2.75, 3.05) is 0 Å². The molecule has 0 aromatic heterocycles. The summed E-state index contributed by atoms with van der Waals surface area (Å²) in [6.45, 7) is 1.30.